The topological polar surface area (TPSA) is 43.4 Å². The summed E-state index contributed by atoms with van der Waals surface area (Å²) in [4.78, 5) is 22.7. The van der Waals surface area contributed by atoms with E-state index in [-0.39, 0.29) is 10.4 Å². The van der Waals surface area contributed by atoms with Gasteiger partial charge in [0.2, 0.25) is 5.41 Å². The summed E-state index contributed by atoms with van der Waals surface area (Å²) in [5.41, 5.74) is 0. The van der Waals surface area contributed by atoms with Gasteiger partial charge in [-0.15, -0.1) is 0 Å². The summed E-state index contributed by atoms with van der Waals surface area (Å²) in [5.74, 6) is -0.702. The third kappa shape index (κ3) is 2.40. The molecule has 0 heterocycles. The molecule has 0 amide bonds. The van der Waals surface area contributed by atoms with Gasteiger partial charge in [-0.3, -0.25) is 4.79 Å². The highest BCUT2D eigenvalue weighted by Gasteiger charge is 2.45. The van der Waals surface area contributed by atoms with Crippen molar-refractivity contribution in [2.24, 2.45) is 0 Å². The molecule has 4 heteroatoms. The zero-order chi connectivity index (χ0) is 10.9. The molecule has 0 aromatic heterocycles. The molecule has 3 nitrogen and oxygen atoms in total. The van der Waals surface area contributed by atoms with Crippen molar-refractivity contribution >= 4 is 19.4 Å². The Kier molecular flexibility index (Phi) is 3.44. The van der Waals surface area contributed by atoms with E-state index in [0.29, 0.717) is 0 Å². The van der Waals surface area contributed by atoms with Crippen molar-refractivity contribution in [3.05, 3.63) is 0 Å². The molecule has 0 bridgehead atoms. The fourth-order valence-electron chi connectivity index (χ4n) is 0.688. The molecule has 76 valence electrons. The van der Waals surface area contributed by atoms with Crippen LogP contribution in [0.15, 0.2) is 0 Å². The molecule has 0 rings (SSSR count). The maximum atomic E-state index is 11.6. The van der Waals surface area contributed by atoms with Crippen molar-refractivity contribution in [1.29, 1.82) is 0 Å². The number of rotatable bonds is 2. The molecule has 0 aliphatic heterocycles. The monoisotopic (exact) mass is 202 g/mol. The Hall–Kier alpha value is -0.643. The lowest BCUT2D eigenvalue weighted by Crippen LogP contribution is -2.50. The van der Waals surface area contributed by atoms with Crippen LogP contribution in [0.2, 0.25) is 18.1 Å². The summed E-state index contributed by atoms with van der Waals surface area (Å²) in [6, 6.07) is 0. The van der Waals surface area contributed by atoms with Gasteiger partial charge in [-0.05, 0) is 5.04 Å². The first-order valence-corrected chi connectivity index (χ1v) is 7.27. The minimum absolute atomic E-state index is 0.113. The van der Waals surface area contributed by atoms with Crippen molar-refractivity contribution in [3.8, 4) is 0 Å². The summed E-state index contributed by atoms with van der Waals surface area (Å²) in [6.07, 6.45) is 0. The van der Waals surface area contributed by atoms with E-state index in [1.807, 2.05) is 33.9 Å². The average Bonchev–Trinajstić information content (AvgIpc) is 1.99. The Morgan fingerprint density at radius 3 is 1.77 bits per heavy atom. The van der Waals surface area contributed by atoms with Gasteiger partial charge in [0.15, 0.2) is 0 Å². The molecule has 0 aromatic carbocycles. The summed E-state index contributed by atoms with van der Waals surface area (Å²) < 4.78 is 4.44. The fourth-order valence-corrected chi connectivity index (χ4v) is 1.98. The highest BCUT2D eigenvalue weighted by Crippen LogP contribution is 2.36. The van der Waals surface area contributed by atoms with E-state index >= 15 is 0 Å². The highest BCUT2D eigenvalue weighted by atomic mass is 28.3. The van der Waals surface area contributed by atoms with Crippen LogP contribution in [0.5, 0.6) is 0 Å². The minimum Gasteiger partial charge on any atom is -0.464 e. The molecule has 0 saturated carbocycles. The van der Waals surface area contributed by atoms with E-state index in [1.165, 1.54) is 7.11 Å². The second-order valence-corrected chi connectivity index (χ2v) is 9.90. The molecular formula is C9H18O3Si. The van der Waals surface area contributed by atoms with E-state index in [9.17, 15) is 9.59 Å². The van der Waals surface area contributed by atoms with E-state index in [1.54, 1.807) is 0 Å². The van der Waals surface area contributed by atoms with Crippen LogP contribution in [0.25, 0.3) is 0 Å². The van der Waals surface area contributed by atoms with E-state index < -0.39 is 14.0 Å². The van der Waals surface area contributed by atoms with E-state index in [4.69, 9.17) is 0 Å². The summed E-state index contributed by atoms with van der Waals surface area (Å²) >= 11 is 0. The van der Waals surface area contributed by atoms with Crippen molar-refractivity contribution in [1.82, 2.24) is 0 Å². The Labute approximate surface area is 80.5 Å². The molecule has 0 atom stereocenters. The second kappa shape index (κ2) is 3.62. The zero-order valence-corrected chi connectivity index (χ0v) is 10.2. The smallest absolute Gasteiger partial charge is 0.368 e. The largest absolute Gasteiger partial charge is 0.464 e. The minimum atomic E-state index is -2.21. The van der Waals surface area contributed by atoms with Gasteiger partial charge in [-0.25, -0.2) is 4.79 Å². The molecule has 0 spiro atoms. The average molecular weight is 202 g/mol. The van der Waals surface area contributed by atoms with Crippen LogP contribution in [0.1, 0.15) is 20.8 Å². The van der Waals surface area contributed by atoms with Gasteiger partial charge in [0.05, 0.1) is 7.11 Å². The van der Waals surface area contributed by atoms with Gasteiger partial charge >= 0.3 is 5.97 Å². The number of ether oxygens (including phenoxy) is 1. The predicted molar refractivity (Wildman–Crippen MR) is 54.2 cm³/mol. The molecular weight excluding hydrogens is 184 g/mol. The van der Waals surface area contributed by atoms with Gasteiger partial charge in [0.1, 0.15) is 8.07 Å². The Balaban J connectivity index is 4.86. The predicted octanol–water partition coefficient (Wildman–Crippen LogP) is 1.78. The first-order valence-electron chi connectivity index (χ1n) is 4.27. The first-order chi connectivity index (χ1) is 5.64. The van der Waals surface area contributed by atoms with Crippen LogP contribution in [0.3, 0.4) is 0 Å². The third-order valence-electron chi connectivity index (χ3n) is 2.81. The molecule has 0 aromatic rings. The molecule has 0 unspecified atom stereocenters. The SMILES string of the molecule is COC(=O)C(=O)[Si](C)(C)C(C)(C)C. The molecule has 13 heavy (non-hydrogen) atoms. The van der Waals surface area contributed by atoms with Gasteiger partial charge in [-0.2, -0.15) is 0 Å². The van der Waals surface area contributed by atoms with Crippen LogP contribution in [0.4, 0.5) is 0 Å². The summed E-state index contributed by atoms with van der Waals surface area (Å²) in [7, 11) is -0.962. The number of hydrogen-bond acceptors (Lipinski definition) is 3. The van der Waals surface area contributed by atoms with E-state index in [0.717, 1.165) is 0 Å². The molecule has 0 N–H and O–H groups in total. The number of hydrogen-bond donors (Lipinski definition) is 0. The number of methoxy groups -OCH3 is 1. The lowest BCUT2D eigenvalue weighted by molar-refractivity contribution is -0.148. The van der Waals surface area contributed by atoms with Gasteiger partial charge < -0.3 is 4.74 Å². The van der Waals surface area contributed by atoms with Gasteiger partial charge in [0.25, 0.3) is 0 Å². The number of esters is 1. The third-order valence-corrected chi connectivity index (χ3v) is 7.90. The molecule has 0 aliphatic rings. The van der Waals surface area contributed by atoms with Gasteiger partial charge in [-0.1, -0.05) is 33.9 Å². The first kappa shape index (κ1) is 12.4. The van der Waals surface area contributed by atoms with Gasteiger partial charge in [0, 0.05) is 0 Å². The Morgan fingerprint density at radius 2 is 1.54 bits per heavy atom. The van der Waals surface area contributed by atoms with Crippen molar-refractivity contribution in [2.45, 2.75) is 38.9 Å². The zero-order valence-electron chi connectivity index (χ0n) is 9.22. The summed E-state index contributed by atoms with van der Waals surface area (Å²) in [5, 5.41) is -0.444. The fraction of sp³-hybridized carbons (Fsp3) is 0.778. The molecule has 0 fully saturated rings. The van der Waals surface area contributed by atoms with Crippen molar-refractivity contribution in [2.75, 3.05) is 7.11 Å². The molecule has 0 aliphatic carbocycles. The number of carbonyl (C=O) groups is 2. The number of carbonyl (C=O) groups excluding carboxylic acids is 2. The van der Waals surface area contributed by atoms with Crippen LogP contribution >= 0.6 is 0 Å². The van der Waals surface area contributed by atoms with E-state index in [2.05, 4.69) is 4.74 Å². The lowest BCUT2D eigenvalue weighted by atomic mass is 10.2. The Morgan fingerprint density at radius 1 is 1.15 bits per heavy atom. The normalized spacial score (nSPS) is 12.5. The maximum absolute atomic E-state index is 11.6. The standard InChI is InChI=1S/C9H18O3Si/c1-9(2,3)13(5,6)8(11)7(10)12-4/h1-6H3. The lowest BCUT2D eigenvalue weighted by Gasteiger charge is -2.33. The van der Waals surface area contributed by atoms with Crippen LogP contribution in [-0.4, -0.2) is 26.6 Å². The quantitative estimate of drug-likeness (QED) is 0.389. The Bertz CT molecular complexity index is 226. The van der Waals surface area contributed by atoms with Crippen molar-refractivity contribution < 1.29 is 14.3 Å². The summed E-state index contributed by atoms with van der Waals surface area (Å²) in [6.45, 7) is 9.75. The maximum Gasteiger partial charge on any atom is 0.368 e. The molecule has 0 radical (unpaired) electrons. The van der Waals surface area contributed by atoms with Crippen LogP contribution in [-0.2, 0) is 14.3 Å². The molecule has 0 saturated heterocycles. The second-order valence-electron chi connectivity index (χ2n) is 4.70. The highest BCUT2D eigenvalue weighted by molar-refractivity contribution is 7.13. The van der Waals surface area contributed by atoms with Crippen molar-refractivity contribution in [3.63, 3.8) is 0 Å². The van der Waals surface area contributed by atoms with Crippen LogP contribution < -0.4 is 0 Å². The van der Waals surface area contributed by atoms with Crippen LogP contribution in [0, 0.1) is 0 Å².